The van der Waals surface area contributed by atoms with Crippen molar-refractivity contribution in [2.45, 2.75) is 6.54 Å². The highest BCUT2D eigenvalue weighted by Gasteiger charge is 2.27. The lowest BCUT2D eigenvalue weighted by Crippen LogP contribution is -2.08. The van der Waals surface area contributed by atoms with Gasteiger partial charge in [0.2, 0.25) is 0 Å². The Balaban J connectivity index is 1.79. The van der Waals surface area contributed by atoms with Crippen molar-refractivity contribution in [3.63, 3.8) is 0 Å². The van der Waals surface area contributed by atoms with E-state index in [0.29, 0.717) is 20.6 Å². The van der Waals surface area contributed by atoms with Crippen molar-refractivity contribution in [2.24, 2.45) is 0 Å². The summed E-state index contributed by atoms with van der Waals surface area (Å²) in [5.41, 5.74) is 0.149. The van der Waals surface area contributed by atoms with Gasteiger partial charge in [-0.1, -0.05) is 29.3 Å². The maximum atomic E-state index is 11.9. The number of aromatic nitrogens is 2. The number of carboxylic acid groups (broad SMARTS) is 1. The van der Waals surface area contributed by atoms with Crippen LogP contribution in [-0.4, -0.2) is 26.0 Å². The van der Waals surface area contributed by atoms with Gasteiger partial charge in [0, 0.05) is 35.4 Å². The van der Waals surface area contributed by atoms with Crippen LogP contribution in [0.4, 0.5) is 11.4 Å². The summed E-state index contributed by atoms with van der Waals surface area (Å²) in [5.74, 6) is -1.35. The second-order valence-corrected chi connectivity index (χ2v) is 8.17. The van der Waals surface area contributed by atoms with Gasteiger partial charge in [-0.3, -0.25) is 10.1 Å². The average molecular weight is 475 g/mol. The van der Waals surface area contributed by atoms with E-state index in [4.69, 9.17) is 23.2 Å². The Kier molecular flexibility index (Phi) is 5.73. The molecule has 0 unspecified atom stereocenters. The van der Waals surface area contributed by atoms with Crippen molar-refractivity contribution in [2.75, 3.05) is 5.32 Å². The highest BCUT2D eigenvalue weighted by atomic mass is 35.5. The minimum Gasteiger partial charge on any atom is -0.477 e. The molecule has 2 heterocycles. The molecule has 0 saturated carbocycles. The number of carbonyl (C=O) groups is 1. The van der Waals surface area contributed by atoms with Gasteiger partial charge in [0.1, 0.15) is 10.4 Å². The van der Waals surface area contributed by atoms with E-state index in [1.807, 2.05) is 11.4 Å². The summed E-state index contributed by atoms with van der Waals surface area (Å²) in [6.45, 7) is 0.282. The average Bonchev–Trinajstić information content (AvgIpc) is 3.21. The number of fused-ring (bicyclic) bond motifs is 1. The molecule has 4 aromatic rings. The highest BCUT2D eigenvalue weighted by molar-refractivity contribution is 7.16. The van der Waals surface area contributed by atoms with Gasteiger partial charge in [-0.05, 0) is 35.2 Å². The van der Waals surface area contributed by atoms with E-state index in [1.54, 1.807) is 24.4 Å². The minimum atomic E-state index is -1.44. The number of nitrogens with zero attached hydrogens (tertiary/aromatic N) is 3. The number of hydrogen-bond acceptors (Lipinski definition) is 7. The number of nitro benzene ring substituents is 1. The molecule has 0 spiro atoms. The Morgan fingerprint density at radius 3 is 2.71 bits per heavy atom. The predicted molar refractivity (Wildman–Crippen MR) is 120 cm³/mol. The van der Waals surface area contributed by atoms with Gasteiger partial charge in [-0.25, -0.2) is 14.8 Å². The molecule has 0 aliphatic rings. The van der Waals surface area contributed by atoms with Crippen molar-refractivity contribution in [3.8, 4) is 11.4 Å². The number of benzene rings is 2. The molecule has 0 saturated heterocycles. The van der Waals surface area contributed by atoms with Crippen LogP contribution in [0.15, 0.2) is 48.0 Å². The fraction of sp³-hybridized carbons (Fsp3) is 0.0500. The summed E-state index contributed by atoms with van der Waals surface area (Å²) in [4.78, 5) is 32.1. The van der Waals surface area contributed by atoms with Crippen LogP contribution in [0.5, 0.6) is 0 Å². The van der Waals surface area contributed by atoms with E-state index < -0.39 is 22.1 Å². The molecule has 0 amide bonds. The van der Waals surface area contributed by atoms with Crippen LogP contribution in [0.3, 0.4) is 0 Å². The van der Waals surface area contributed by atoms with Crippen LogP contribution in [0.2, 0.25) is 10.0 Å². The maximum Gasteiger partial charge on any atom is 0.343 e. The first-order chi connectivity index (χ1) is 14.8. The van der Waals surface area contributed by atoms with Crippen LogP contribution in [0, 0.1) is 10.1 Å². The molecule has 0 radical (unpaired) electrons. The predicted octanol–water partition coefficient (Wildman–Crippen LogP) is 5.88. The number of aromatic carboxylic acids is 1. The number of halogens is 2. The van der Waals surface area contributed by atoms with Crippen LogP contribution in [0.1, 0.15) is 15.9 Å². The third kappa shape index (κ3) is 4.29. The normalized spacial score (nSPS) is 10.9. The fourth-order valence-electron chi connectivity index (χ4n) is 3.01. The zero-order chi connectivity index (χ0) is 22.1. The van der Waals surface area contributed by atoms with E-state index in [9.17, 15) is 20.0 Å². The van der Waals surface area contributed by atoms with Gasteiger partial charge in [0.25, 0.3) is 5.69 Å². The second-order valence-electron chi connectivity index (χ2n) is 6.46. The quantitative estimate of drug-likeness (QED) is 0.264. The molecular weight excluding hydrogens is 463 g/mol. The number of thiophene rings is 1. The standard InChI is InChI=1S/C20H12Cl2N4O4S/c21-14-2-1-10(5-15(14)22)8-23-12-6-13(17(20(27)28)16(7-12)26(29)30)18-24-9-11-3-4-31-19(11)25-18/h1-7,9,23H,8H2,(H,27,28). The first-order valence-electron chi connectivity index (χ1n) is 8.77. The molecule has 2 N–H and O–H groups in total. The highest BCUT2D eigenvalue weighted by Crippen LogP contribution is 2.34. The topological polar surface area (TPSA) is 118 Å². The molecule has 2 aromatic carbocycles. The van der Waals surface area contributed by atoms with Gasteiger partial charge < -0.3 is 10.4 Å². The summed E-state index contributed by atoms with van der Waals surface area (Å²) >= 11 is 13.3. The lowest BCUT2D eigenvalue weighted by Gasteiger charge is -2.12. The number of hydrogen-bond donors (Lipinski definition) is 2. The molecule has 8 nitrogen and oxygen atoms in total. The molecule has 156 valence electrons. The molecule has 4 rings (SSSR count). The Labute approximate surface area is 189 Å². The monoisotopic (exact) mass is 474 g/mol. The largest absolute Gasteiger partial charge is 0.477 e. The van der Waals surface area contributed by atoms with Crippen molar-refractivity contribution < 1.29 is 14.8 Å². The Morgan fingerprint density at radius 1 is 1.19 bits per heavy atom. The summed E-state index contributed by atoms with van der Waals surface area (Å²) < 4.78 is 0. The van der Waals surface area contributed by atoms with E-state index in [2.05, 4.69) is 15.3 Å². The van der Waals surface area contributed by atoms with Gasteiger partial charge in [0.15, 0.2) is 5.82 Å². The summed E-state index contributed by atoms with van der Waals surface area (Å²) in [5, 5.41) is 27.8. The SMILES string of the molecule is O=C(O)c1c(-c2ncc3ccsc3n2)cc(NCc2ccc(Cl)c(Cl)c2)cc1[N+](=O)[O-]. The number of anilines is 1. The van der Waals surface area contributed by atoms with Crippen LogP contribution >= 0.6 is 34.5 Å². The number of nitrogens with one attached hydrogen (secondary N) is 1. The molecule has 31 heavy (non-hydrogen) atoms. The minimum absolute atomic E-state index is 0.0497. The lowest BCUT2D eigenvalue weighted by atomic mass is 10.0. The Hall–Kier alpha value is -3.27. The zero-order valence-corrected chi connectivity index (χ0v) is 17.8. The molecule has 0 fully saturated rings. The maximum absolute atomic E-state index is 11.9. The zero-order valence-electron chi connectivity index (χ0n) is 15.5. The van der Waals surface area contributed by atoms with Gasteiger partial charge in [-0.15, -0.1) is 11.3 Å². The Morgan fingerprint density at radius 2 is 2.00 bits per heavy atom. The van der Waals surface area contributed by atoms with Gasteiger partial charge >= 0.3 is 5.97 Å². The van der Waals surface area contributed by atoms with Crippen LogP contribution < -0.4 is 5.32 Å². The number of carboxylic acids is 1. The van der Waals surface area contributed by atoms with Crippen molar-refractivity contribution in [3.05, 3.63) is 79.3 Å². The van der Waals surface area contributed by atoms with Gasteiger partial charge in [-0.2, -0.15) is 0 Å². The number of nitro groups is 1. The third-order valence-corrected chi connectivity index (χ3v) is 6.02. The van der Waals surface area contributed by atoms with Crippen LogP contribution in [-0.2, 0) is 6.54 Å². The number of rotatable bonds is 6. The smallest absolute Gasteiger partial charge is 0.343 e. The molecular formula is C20H12Cl2N4O4S. The van der Waals surface area contributed by atoms with Crippen LogP contribution in [0.25, 0.3) is 21.6 Å². The summed E-state index contributed by atoms with van der Waals surface area (Å²) in [7, 11) is 0. The van der Waals surface area contributed by atoms with Gasteiger partial charge in [0.05, 0.1) is 15.0 Å². The molecule has 11 heteroatoms. The second kappa shape index (κ2) is 8.46. The lowest BCUT2D eigenvalue weighted by molar-refractivity contribution is -0.385. The summed E-state index contributed by atoms with van der Waals surface area (Å²) in [6.07, 6.45) is 1.56. The van der Waals surface area contributed by atoms with Crippen molar-refractivity contribution in [1.29, 1.82) is 0 Å². The summed E-state index contributed by atoms with van der Waals surface area (Å²) in [6, 6.07) is 9.57. The van der Waals surface area contributed by atoms with E-state index >= 15 is 0 Å². The molecule has 0 aliphatic carbocycles. The first-order valence-corrected chi connectivity index (χ1v) is 10.4. The third-order valence-electron chi connectivity index (χ3n) is 4.46. The van der Waals surface area contributed by atoms with Crippen molar-refractivity contribution in [1.82, 2.24) is 9.97 Å². The van der Waals surface area contributed by atoms with Crippen molar-refractivity contribution >= 4 is 62.1 Å². The van der Waals surface area contributed by atoms with E-state index in [0.717, 1.165) is 10.9 Å². The van der Waals surface area contributed by atoms with E-state index in [-0.39, 0.29) is 17.9 Å². The molecule has 0 aliphatic heterocycles. The Bertz CT molecular complexity index is 1340. The molecule has 2 aromatic heterocycles. The first kappa shape index (κ1) is 21.0. The fourth-order valence-corrected chi connectivity index (χ4v) is 4.07. The van der Waals surface area contributed by atoms with E-state index in [1.165, 1.54) is 23.5 Å². The molecule has 0 bridgehead atoms. The molecule has 0 atom stereocenters.